The minimum atomic E-state index is 0.800. The summed E-state index contributed by atoms with van der Waals surface area (Å²) in [6.07, 6.45) is 11.7. The van der Waals surface area contributed by atoms with E-state index in [9.17, 15) is 0 Å². The molecule has 2 aliphatic carbocycles. The number of nitrogens with one attached hydrogen (secondary N) is 1. The van der Waals surface area contributed by atoms with Crippen molar-refractivity contribution in [3.05, 3.63) is 0 Å². The first-order valence-electron chi connectivity index (χ1n) is 8.34. The Labute approximate surface area is 113 Å². The molecule has 0 radical (unpaired) electrons. The third kappa shape index (κ3) is 3.08. The maximum absolute atomic E-state index is 3.74. The largest absolute Gasteiger partial charge is 0.312 e. The second-order valence-corrected chi connectivity index (χ2v) is 6.83. The van der Waals surface area contributed by atoms with Gasteiger partial charge < -0.3 is 5.32 Å². The van der Waals surface area contributed by atoms with Gasteiger partial charge in [0.2, 0.25) is 0 Å². The van der Waals surface area contributed by atoms with E-state index >= 15 is 0 Å². The third-order valence-corrected chi connectivity index (χ3v) is 5.53. The van der Waals surface area contributed by atoms with Gasteiger partial charge in [0, 0.05) is 25.2 Å². The van der Waals surface area contributed by atoms with Crippen LogP contribution in [0.4, 0.5) is 0 Å². The molecule has 2 nitrogen and oxygen atoms in total. The van der Waals surface area contributed by atoms with E-state index in [1.807, 2.05) is 0 Å². The molecule has 0 amide bonds. The maximum atomic E-state index is 3.74. The van der Waals surface area contributed by atoms with Crippen LogP contribution in [0.15, 0.2) is 0 Å². The molecular weight excluding hydrogens is 220 g/mol. The van der Waals surface area contributed by atoms with Crippen LogP contribution in [0.1, 0.15) is 58.3 Å². The van der Waals surface area contributed by atoms with Crippen LogP contribution < -0.4 is 5.32 Å². The molecule has 3 atom stereocenters. The molecule has 1 saturated heterocycles. The van der Waals surface area contributed by atoms with E-state index in [4.69, 9.17) is 0 Å². The summed E-state index contributed by atoms with van der Waals surface area (Å²) in [4.78, 5) is 2.81. The number of hydrogen-bond donors (Lipinski definition) is 1. The summed E-state index contributed by atoms with van der Waals surface area (Å²) in [5.74, 6) is 2.10. The lowest BCUT2D eigenvalue weighted by Gasteiger charge is -2.44. The number of rotatable bonds is 5. The van der Waals surface area contributed by atoms with Gasteiger partial charge in [0.05, 0.1) is 0 Å². The van der Waals surface area contributed by atoms with Crippen molar-refractivity contribution in [1.29, 1.82) is 0 Å². The van der Waals surface area contributed by atoms with Crippen molar-refractivity contribution in [1.82, 2.24) is 10.2 Å². The highest BCUT2D eigenvalue weighted by Crippen LogP contribution is 2.36. The van der Waals surface area contributed by atoms with Gasteiger partial charge >= 0.3 is 0 Å². The minimum absolute atomic E-state index is 0.800. The molecule has 1 aliphatic heterocycles. The Hall–Kier alpha value is -0.0800. The van der Waals surface area contributed by atoms with Gasteiger partial charge in [0.1, 0.15) is 0 Å². The molecule has 104 valence electrons. The molecule has 0 aromatic heterocycles. The van der Waals surface area contributed by atoms with Gasteiger partial charge in [0.25, 0.3) is 0 Å². The van der Waals surface area contributed by atoms with Crippen molar-refractivity contribution in [2.45, 2.75) is 70.4 Å². The number of nitrogens with zero attached hydrogens (tertiary/aromatic N) is 1. The Bertz CT molecular complexity index is 262. The fraction of sp³-hybridized carbons (Fsp3) is 1.00. The summed E-state index contributed by atoms with van der Waals surface area (Å²) in [6, 6.07) is 1.67. The molecule has 0 aromatic carbocycles. The molecule has 1 N–H and O–H groups in total. The van der Waals surface area contributed by atoms with Gasteiger partial charge in [-0.15, -0.1) is 0 Å². The summed E-state index contributed by atoms with van der Waals surface area (Å²) >= 11 is 0. The number of piperidine rings is 1. The number of likely N-dealkylation sites (tertiary alicyclic amines) is 1. The van der Waals surface area contributed by atoms with E-state index in [0.717, 1.165) is 23.9 Å². The van der Waals surface area contributed by atoms with Gasteiger partial charge in [-0.05, 0) is 50.5 Å². The molecule has 3 unspecified atom stereocenters. The fourth-order valence-electron chi connectivity index (χ4n) is 4.08. The molecule has 0 aromatic rings. The van der Waals surface area contributed by atoms with Crippen LogP contribution in [0.2, 0.25) is 0 Å². The topological polar surface area (TPSA) is 15.3 Å². The zero-order valence-corrected chi connectivity index (χ0v) is 12.0. The van der Waals surface area contributed by atoms with Crippen molar-refractivity contribution < 1.29 is 0 Å². The zero-order chi connectivity index (χ0) is 12.4. The van der Waals surface area contributed by atoms with E-state index in [1.165, 1.54) is 71.0 Å². The smallest absolute Gasteiger partial charge is 0.0218 e. The molecule has 3 fully saturated rings. The Kier molecular flexibility index (Phi) is 4.25. The Morgan fingerprint density at radius 2 is 1.83 bits per heavy atom. The monoisotopic (exact) mass is 250 g/mol. The molecule has 3 aliphatic rings. The van der Waals surface area contributed by atoms with Crippen molar-refractivity contribution >= 4 is 0 Å². The van der Waals surface area contributed by atoms with Crippen molar-refractivity contribution in [3.8, 4) is 0 Å². The normalized spacial score (nSPS) is 35.2. The van der Waals surface area contributed by atoms with Gasteiger partial charge in [-0.1, -0.05) is 26.2 Å². The van der Waals surface area contributed by atoms with Gasteiger partial charge in [-0.25, -0.2) is 0 Å². The van der Waals surface area contributed by atoms with Crippen LogP contribution in [0, 0.1) is 11.8 Å². The molecule has 2 saturated carbocycles. The van der Waals surface area contributed by atoms with Crippen molar-refractivity contribution in [2.24, 2.45) is 11.8 Å². The van der Waals surface area contributed by atoms with Crippen LogP contribution >= 0.6 is 0 Å². The van der Waals surface area contributed by atoms with E-state index in [1.54, 1.807) is 0 Å². The molecule has 1 heterocycles. The van der Waals surface area contributed by atoms with Crippen molar-refractivity contribution in [2.75, 3.05) is 19.6 Å². The first-order chi connectivity index (χ1) is 8.86. The average Bonchev–Trinajstić information content (AvgIpc) is 3.23. The van der Waals surface area contributed by atoms with Crippen LogP contribution in [-0.2, 0) is 0 Å². The Morgan fingerprint density at radius 1 is 1.06 bits per heavy atom. The van der Waals surface area contributed by atoms with Crippen LogP contribution in [0.5, 0.6) is 0 Å². The van der Waals surface area contributed by atoms with Gasteiger partial charge in [0.15, 0.2) is 0 Å². The SMILES string of the molecule is CCC(CNC1CC1)N1CCC2CCCCC2C1. The highest BCUT2D eigenvalue weighted by molar-refractivity contribution is 4.88. The van der Waals surface area contributed by atoms with Crippen LogP contribution in [-0.4, -0.2) is 36.6 Å². The summed E-state index contributed by atoms with van der Waals surface area (Å²) in [6.45, 7) is 6.37. The van der Waals surface area contributed by atoms with E-state index in [-0.39, 0.29) is 0 Å². The Morgan fingerprint density at radius 3 is 2.56 bits per heavy atom. The molecular formula is C16H30N2. The first kappa shape index (κ1) is 12.9. The second kappa shape index (κ2) is 5.92. The average molecular weight is 250 g/mol. The molecule has 0 spiro atoms. The lowest BCUT2D eigenvalue weighted by molar-refractivity contribution is 0.0550. The number of fused-ring (bicyclic) bond motifs is 1. The predicted molar refractivity (Wildman–Crippen MR) is 76.7 cm³/mol. The quantitative estimate of drug-likeness (QED) is 0.807. The summed E-state index contributed by atoms with van der Waals surface area (Å²) < 4.78 is 0. The highest BCUT2D eigenvalue weighted by Gasteiger charge is 2.33. The molecule has 18 heavy (non-hydrogen) atoms. The minimum Gasteiger partial charge on any atom is -0.312 e. The second-order valence-electron chi connectivity index (χ2n) is 6.83. The zero-order valence-electron chi connectivity index (χ0n) is 12.0. The highest BCUT2D eigenvalue weighted by atomic mass is 15.2. The van der Waals surface area contributed by atoms with E-state index in [0.29, 0.717) is 0 Å². The summed E-state index contributed by atoms with van der Waals surface area (Å²) in [5.41, 5.74) is 0. The van der Waals surface area contributed by atoms with Crippen molar-refractivity contribution in [3.63, 3.8) is 0 Å². The third-order valence-electron chi connectivity index (χ3n) is 5.53. The van der Waals surface area contributed by atoms with E-state index < -0.39 is 0 Å². The van der Waals surface area contributed by atoms with Gasteiger partial charge in [-0.3, -0.25) is 4.90 Å². The van der Waals surface area contributed by atoms with Crippen LogP contribution in [0.25, 0.3) is 0 Å². The van der Waals surface area contributed by atoms with Gasteiger partial charge in [-0.2, -0.15) is 0 Å². The van der Waals surface area contributed by atoms with E-state index in [2.05, 4.69) is 17.1 Å². The fourth-order valence-corrected chi connectivity index (χ4v) is 4.08. The Balaban J connectivity index is 1.50. The molecule has 0 bridgehead atoms. The number of hydrogen-bond acceptors (Lipinski definition) is 2. The molecule has 2 heteroatoms. The summed E-state index contributed by atoms with van der Waals surface area (Å²) in [7, 11) is 0. The lowest BCUT2D eigenvalue weighted by atomic mass is 9.75. The maximum Gasteiger partial charge on any atom is 0.0218 e. The summed E-state index contributed by atoms with van der Waals surface area (Å²) in [5, 5.41) is 3.74. The lowest BCUT2D eigenvalue weighted by Crippen LogP contribution is -2.50. The standard InChI is InChI=1S/C16H30N2/c1-2-16(11-17-15-7-8-15)18-10-9-13-5-3-4-6-14(13)12-18/h13-17H,2-12H2,1H3. The molecule has 3 rings (SSSR count). The predicted octanol–water partition coefficient (Wildman–Crippen LogP) is 3.03. The first-order valence-corrected chi connectivity index (χ1v) is 8.34. The van der Waals surface area contributed by atoms with Crippen LogP contribution in [0.3, 0.4) is 0 Å².